The third kappa shape index (κ3) is 1.70. The quantitative estimate of drug-likeness (QED) is 0.623. The van der Waals surface area contributed by atoms with E-state index in [4.69, 9.17) is 10.8 Å². The summed E-state index contributed by atoms with van der Waals surface area (Å²) in [5.41, 5.74) is 6.16. The molecule has 11 heavy (non-hydrogen) atoms. The van der Waals surface area contributed by atoms with Crippen LogP contribution in [0.4, 0.5) is 0 Å². The van der Waals surface area contributed by atoms with Crippen LogP contribution in [0.5, 0.6) is 5.75 Å². The maximum absolute atomic E-state index is 10.6. The molecule has 0 fully saturated rings. The molecule has 0 aromatic heterocycles. The maximum Gasteiger partial charge on any atom is 0.248 e. The number of nitrogens with two attached hydrogens (primary N) is 1. The van der Waals surface area contributed by atoms with Crippen molar-refractivity contribution >= 4 is 5.91 Å². The zero-order valence-electron chi connectivity index (χ0n) is 6.16. The number of carbonyl (C=O) groups is 1. The number of phenolic OH excluding ortho intramolecular Hbond substituents is 1. The Hall–Kier alpha value is -1.51. The molecule has 1 aromatic rings. The van der Waals surface area contributed by atoms with Crippen LogP contribution in [0.25, 0.3) is 0 Å². The van der Waals surface area contributed by atoms with Crippen LogP contribution < -0.4 is 5.73 Å². The van der Waals surface area contributed by atoms with Crippen LogP contribution in [-0.4, -0.2) is 11.0 Å². The summed E-state index contributed by atoms with van der Waals surface area (Å²) in [6, 6.07) is 4.53. The van der Waals surface area contributed by atoms with Crippen LogP contribution in [0.3, 0.4) is 0 Å². The molecule has 1 aromatic carbocycles. The van der Waals surface area contributed by atoms with Crippen molar-refractivity contribution in [3.8, 4) is 5.75 Å². The van der Waals surface area contributed by atoms with Crippen LogP contribution in [-0.2, 0) is 0 Å². The number of rotatable bonds is 1. The van der Waals surface area contributed by atoms with Gasteiger partial charge in [-0.15, -0.1) is 0 Å². The fraction of sp³-hybridized carbons (Fsp3) is 0.125. The molecule has 0 radical (unpaired) electrons. The number of primary amides is 1. The Morgan fingerprint density at radius 3 is 2.55 bits per heavy atom. The van der Waals surface area contributed by atoms with E-state index in [1.165, 1.54) is 6.07 Å². The third-order valence-electron chi connectivity index (χ3n) is 1.35. The second-order valence-corrected chi connectivity index (χ2v) is 2.42. The van der Waals surface area contributed by atoms with Gasteiger partial charge in [-0.25, -0.2) is 0 Å². The Morgan fingerprint density at radius 1 is 1.45 bits per heavy atom. The molecule has 0 aliphatic carbocycles. The molecule has 3 heteroatoms. The van der Waals surface area contributed by atoms with Gasteiger partial charge in [0.15, 0.2) is 0 Å². The van der Waals surface area contributed by atoms with Gasteiger partial charge in [-0.3, -0.25) is 4.79 Å². The van der Waals surface area contributed by atoms with E-state index in [2.05, 4.69) is 0 Å². The fourth-order valence-electron chi connectivity index (χ4n) is 0.905. The standard InChI is InChI=1S/C8H9NO2/c1-5-2-6(8(9)11)4-7(10)3-5/h2-4,10H,1H3,(H2,9,11). The molecule has 3 nitrogen and oxygen atoms in total. The number of aryl methyl sites for hydroxylation is 1. The van der Waals surface area contributed by atoms with Gasteiger partial charge in [0.1, 0.15) is 5.75 Å². The van der Waals surface area contributed by atoms with E-state index in [0.29, 0.717) is 5.56 Å². The van der Waals surface area contributed by atoms with Gasteiger partial charge in [-0.1, -0.05) is 0 Å². The summed E-state index contributed by atoms with van der Waals surface area (Å²) in [5, 5.41) is 9.04. The lowest BCUT2D eigenvalue weighted by molar-refractivity contribution is 0.1000. The van der Waals surface area contributed by atoms with Crippen molar-refractivity contribution in [2.75, 3.05) is 0 Å². The minimum atomic E-state index is -0.524. The highest BCUT2D eigenvalue weighted by molar-refractivity contribution is 5.93. The molecule has 0 saturated carbocycles. The van der Waals surface area contributed by atoms with E-state index in [-0.39, 0.29) is 5.75 Å². The second-order valence-electron chi connectivity index (χ2n) is 2.42. The normalized spacial score (nSPS) is 9.55. The highest BCUT2D eigenvalue weighted by Crippen LogP contribution is 2.13. The molecule has 0 unspecified atom stereocenters. The number of aromatic hydroxyl groups is 1. The summed E-state index contributed by atoms with van der Waals surface area (Å²) >= 11 is 0. The first-order valence-electron chi connectivity index (χ1n) is 3.20. The Bertz CT molecular complexity index is 274. The van der Waals surface area contributed by atoms with E-state index in [1.54, 1.807) is 19.1 Å². The van der Waals surface area contributed by atoms with Crippen LogP contribution in [0.2, 0.25) is 0 Å². The Balaban J connectivity index is 3.19. The van der Waals surface area contributed by atoms with E-state index in [9.17, 15) is 4.79 Å². The zero-order chi connectivity index (χ0) is 8.43. The van der Waals surface area contributed by atoms with Crippen LogP contribution in [0.15, 0.2) is 18.2 Å². The lowest BCUT2D eigenvalue weighted by Gasteiger charge is -1.98. The van der Waals surface area contributed by atoms with E-state index in [0.717, 1.165) is 5.56 Å². The molecule has 58 valence electrons. The van der Waals surface area contributed by atoms with Crippen molar-refractivity contribution in [2.24, 2.45) is 5.73 Å². The lowest BCUT2D eigenvalue weighted by Crippen LogP contribution is -2.10. The first kappa shape index (κ1) is 7.60. The lowest BCUT2D eigenvalue weighted by atomic mass is 10.1. The molecular weight excluding hydrogens is 142 g/mol. The van der Waals surface area contributed by atoms with Gasteiger partial charge in [-0.2, -0.15) is 0 Å². The molecular formula is C8H9NO2. The van der Waals surface area contributed by atoms with Crippen molar-refractivity contribution in [1.29, 1.82) is 0 Å². The Kier molecular flexibility index (Phi) is 1.81. The number of hydrogen-bond donors (Lipinski definition) is 2. The first-order chi connectivity index (χ1) is 5.09. The van der Waals surface area contributed by atoms with Gasteiger partial charge in [-0.05, 0) is 30.7 Å². The summed E-state index contributed by atoms with van der Waals surface area (Å²) in [6.07, 6.45) is 0. The molecule has 1 rings (SSSR count). The van der Waals surface area contributed by atoms with Gasteiger partial charge in [0.25, 0.3) is 0 Å². The minimum absolute atomic E-state index is 0.0683. The third-order valence-corrected chi connectivity index (χ3v) is 1.35. The van der Waals surface area contributed by atoms with Crippen LogP contribution in [0, 0.1) is 6.92 Å². The largest absolute Gasteiger partial charge is 0.508 e. The monoisotopic (exact) mass is 151 g/mol. The Morgan fingerprint density at radius 2 is 2.09 bits per heavy atom. The second kappa shape index (κ2) is 2.62. The van der Waals surface area contributed by atoms with Crippen LogP contribution in [0.1, 0.15) is 15.9 Å². The topological polar surface area (TPSA) is 63.3 Å². The minimum Gasteiger partial charge on any atom is -0.508 e. The van der Waals surface area contributed by atoms with E-state index < -0.39 is 5.91 Å². The molecule has 0 aliphatic rings. The van der Waals surface area contributed by atoms with E-state index in [1.807, 2.05) is 0 Å². The van der Waals surface area contributed by atoms with Crippen molar-refractivity contribution < 1.29 is 9.90 Å². The average molecular weight is 151 g/mol. The highest BCUT2D eigenvalue weighted by atomic mass is 16.3. The van der Waals surface area contributed by atoms with Gasteiger partial charge in [0, 0.05) is 5.56 Å². The summed E-state index contributed by atoms with van der Waals surface area (Å²) < 4.78 is 0. The Labute approximate surface area is 64.5 Å². The van der Waals surface area contributed by atoms with Gasteiger partial charge >= 0.3 is 0 Å². The number of amides is 1. The van der Waals surface area contributed by atoms with Crippen molar-refractivity contribution in [3.05, 3.63) is 29.3 Å². The van der Waals surface area contributed by atoms with Gasteiger partial charge in [0.2, 0.25) is 5.91 Å². The van der Waals surface area contributed by atoms with Crippen molar-refractivity contribution in [1.82, 2.24) is 0 Å². The predicted molar refractivity (Wildman–Crippen MR) is 41.4 cm³/mol. The number of phenols is 1. The van der Waals surface area contributed by atoms with Gasteiger partial charge < -0.3 is 10.8 Å². The highest BCUT2D eigenvalue weighted by Gasteiger charge is 2.01. The van der Waals surface area contributed by atoms with Crippen LogP contribution >= 0.6 is 0 Å². The van der Waals surface area contributed by atoms with Crippen molar-refractivity contribution in [3.63, 3.8) is 0 Å². The SMILES string of the molecule is Cc1cc(O)cc(C(N)=O)c1. The molecule has 3 N–H and O–H groups in total. The average Bonchev–Trinajstić information content (AvgIpc) is 1.85. The number of hydrogen-bond acceptors (Lipinski definition) is 2. The van der Waals surface area contributed by atoms with Gasteiger partial charge in [0.05, 0.1) is 0 Å². The molecule has 0 aliphatic heterocycles. The zero-order valence-corrected chi connectivity index (χ0v) is 6.16. The summed E-state index contributed by atoms with van der Waals surface area (Å²) in [6.45, 7) is 1.78. The number of benzene rings is 1. The fourth-order valence-corrected chi connectivity index (χ4v) is 0.905. The molecule has 0 atom stereocenters. The van der Waals surface area contributed by atoms with Crippen molar-refractivity contribution in [2.45, 2.75) is 6.92 Å². The smallest absolute Gasteiger partial charge is 0.248 e. The molecule has 0 spiro atoms. The predicted octanol–water partition coefficient (Wildman–Crippen LogP) is 0.800. The number of carbonyl (C=O) groups excluding carboxylic acids is 1. The molecule has 0 heterocycles. The first-order valence-corrected chi connectivity index (χ1v) is 3.20. The summed E-state index contributed by atoms with van der Waals surface area (Å²) in [7, 11) is 0. The summed E-state index contributed by atoms with van der Waals surface area (Å²) in [5.74, 6) is -0.456. The maximum atomic E-state index is 10.6. The molecule has 1 amide bonds. The molecule has 0 saturated heterocycles. The summed E-state index contributed by atoms with van der Waals surface area (Å²) in [4.78, 5) is 10.6. The molecule has 0 bridgehead atoms. The van der Waals surface area contributed by atoms with E-state index >= 15 is 0 Å².